The van der Waals surface area contributed by atoms with Crippen LogP contribution in [-0.2, 0) is 4.74 Å². The molecule has 1 aliphatic rings. The average Bonchev–Trinajstić information content (AvgIpc) is 2.86. The van der Waals surface area contributed by atoms with E-state index in [9.17, 15) is 9.59 Å². The molecule has 1 heterocycles. The highest BCUT2D eigenvalue weighted by Crippen LogP contribution is 2.23. The van der Waals surface area contributed by atoms with Gasteiger partial charge in [0.2, 0.25) is 0 Å². The van der Waals surface area contributed by atoms with Crippen LogP contribution >= 0.6 is 11.8 Å². The van der Waals surface area contributed by atoms with Crippen LogP contribution in [0, 0.1) is 0 Å². The summed E-state index contributed by atoms with van der Waals surface area (Å²) in [6.07, 6.45) is 6.20. The Labute approximate surface area is 220 Å². The van der Waals surface area contributed by atoms with Crippen LogP contribution < -0.4 is 10.2 Å². The van der Waals surface area contributed by atoms with Gasteiger partial charge in [-0.3, -0.25) is 4.79 Å². The van der Waals surface area contributed by atoms with Gasteiger partial charge in [0.25, 0.3) is 5.91 Å². The zero-order valence-corrected chi connectivity index (χ0v) is 23.0. The van der Waals surface area contributed by atoms with Crippen LogP contribution in [0.4, 0.5) is 16.2 Å². The molecule has 2 aromatic carbocycles. The van der Waals surface area contributed by atoms with E-state index in [1.165, 1.54) is 37.0 Å². The molecule has 0 saturated carbocycles. The number of carbonyl (C=O) groups is 2. The SMILES string of the molecule is CCCCCCCSc1ccc(NC(=O)c2cccc(N3CCN(C(=O)OC(C)(C)C)CC3)c2)cc1. The second kappa shape index (κ2) is 13.6. The molecular weight excluding hydrogens is 470 g/mol. The van der Waals surface area contributed by atoms with Crippen LogP contribution in [0.25, 0.3) is 0 Å². The Morgan fingerprint density at radius 2 is 1.64 bits per heavy atom. The van der Waals surface area contributed by atoms with E-state index in [0.717, 1.165) is 17.1 Å². The zero-order chi connectivity index (χ0) is 26.0. The Bertz CT molecular complexity index is 980. The fourth-order valence-electron chi connectivity index (χ4n) is 4.05. The van der Waals surface area contributed by atoms with Crippen LogP contribution in [0.5, 0.6) is 0 Å². The van der Waals surface area contributed by atoms with Gasteiger partial charge < -0.3 is 19.9 Å². The first-order chi connectivity index (χ1) is 17.2. The number of carbonyl (C=O) groups excluding carboxylic acids is 2. The smallest absolute Gasteiger partial charge is 0.410 e. The minimum atomic E-state index is -0.497. The molecule has 2 aromatic rings. The maximum absolute atomic E-state index is 12.9. The predicted octanol–water partition coefficient (Wildman–Crippen LogP) is 7.06. The third-order valence-corrected chi connectivity index (χ3v) is 7.13. The topological polar surface area (TPSA) is 61.9 Å². The first kappa shape index (κ1) is 27.9. The molecule has 7 heteroatoms. The number of amides is 2. The van der Waals surface area contributed by atoms with Gasteiger partial charge in [-0.25, -0.2) is 4.79 Å². The quantitative estimate of drug-likeness (QED) is 0.273. The van der Waals surface area contributed by atoms with Gasteiger partial charge in [-0.15, -0.1) is 11.8 Å². The number of benzene rings is 2. The molecule has 6 nitrogen and oxygen atoms in total. The molecule has 0 aliphatic carbocycles. The van der Waals surface area contributed by atoms with E-state index in [1.54, 1.807) is 4.90 Å². The van der Waals surface area contributed by atoms with E-state index in [4.69, 9.17) is 4.74 Å². The van der Waals surface area contributed by atoms with Gasteiger partial charge in [0.1, 0.15) is 5.60 Å². The molecule has 196 valence electrons. The molecule has 2 amide bonds. The third kappa shape index (κ3) is 9.08. The maximum atomic E-state index is 12.9. The number of thioether (sulfide) groups is 1. The minimum absolute atomic E-state index is 0.124. The molecule has 0 atom stereocenters. The lowest BCUT2D eigenvalue weighted by Crippen LogP contribution is -2.50. The van der Waals surface area contributed by atoms with Crippen molar-refractivity contribution in [1.82, 2.24) is 4.90 Å². The molecule has 1 N–H and O–H groups in total. The standard InChI is InChI=1S/C29H41N3O3S/c1-5-6-7-8-9-21-36-26-15-13-24(14-16-26)30-27(33)23-11-10-12-25(22-23)31-17-19-32(20-18-31)28(34)35-29(2,3)4/h10-16,22H,5-9,17-21H2,1-4H3,(H,30,33). The molecule has 0 bridgehead atoms. The minimum Gasteiger partial charge on any atom is -0.444 e. The molecule has 1 aliphatic heterocycles. The van der Waals surface area contributed by atoms with E-state index < -0.39 is 5.60 Å². The molecule has 0 spiro atoms. The largest absolute Gasteiger partial charge is 0.444 e. The van der Waals surface area contributed by atoms with Crippen molar-refractivity contribution in [2.75, 3.05) is 42.1 Å². The van der Waals surface area contributed by atoms with E-state index >= 15 is 0 Å². The highest BCUT2D eigenvalue weighted by Gasteiger charge is 2.26. The van der Waals surface area contributed by atoms with E-state index in [0.29, 0.717) is 31.7 Å². The Hall–Kier alpha value is -2.67. The number of hydrogen-bond acceptors (Lipinski definition) is 5. The summed E-state index contributed by atoms with van der Waals surface area (Å²) in [6.45, 7) is 10.4. The lowest BCUT2D eigenvalue weighted by atomic mass is 10.1. The van der Waals surface area contributed by atoms with Gasteiger partial charge in [-0.05, 0) is 75.4 Å². The maximum Gasteiger partial charge on any atom is 0.410 e. The Morgan fingerprint density at radius 1 is 0.944 bits per heavy atom. The van der Waals surface area contributed by atoms with Crippen molar-refractivity contribution in [3.8, 4) is 0 Å². The molecule has 0 unspecified atom stereocenters. The summed E-state index contributed by atoms with van der Waals surface area (Å²) in [5, 5.41) is 3.01. The van der Waals surface area contributed by atoms with Crippen LogP contribution in [0.3, 0.4) is 0 Å². The Morgan fingerprint density at radius 3 is 2.31 bits per heavy atom. The number of unbranched alkanes of at least 4 members (excludes halogenated alkanes) is 4. The van der Waals surface area contributed by atoms with Gasteiger partial charge in [0.05, 0.1) is 0 Å². The number of nitrogens with zero attached hydrogens (tertiary/aromatic N) is 2. The van der Waals surface area contributed by atoms with Gasteiger partial charge in [0.15, 0.2) is 0 Å². The van der Waals surface area contributed by atoms with E-state index in [-0.39, 0.29) is 12.0 Å². The average molecular weight is 512 g/mol. The normalized spacial score (nSPS) is 14.0. The molecule has 0 aromatic heterocycles. The summed E-state index contributed by atoms with van der Waals surface area (Å²) >= 11 is 1.87. The van der Waals surface area contributed by atoms with E-state index in [1.807, 2.05) is 68.9 Å². The summed E-state index contributed by atoms with van der Waals surface area (Å²) in [5.74, 6) is 1.01. The Kier molecular flexibility index (Phi) is 10.5. The van der Waals surface area contributed by atoms with Crippen molar-refractivity contribution >= 4 is 35.1 Å². The molecule has 1 fully saturated rings. The van der Waals surface area contributed by atoms with Crippen molar-refractivity contribution in [3.05, 3.63) is 54.1 Å². The summed E-state index contributed by atoms with van der Waals surface area (Å²) in [5.41, 5.74) is 1.90. The van der Waals surface area contributed by atoms with Gasteiger partial charge in [-0.2, -0.15) is 0 Å². The van der Waals surface area contributed by atoms with Gasteiger partial charge in [0, 0.05) is 48.0 Å². The fourth-order valence-corrected chi connectivity index (χ4v) is 4.96. The molecule has 3 rings (SSSR count). The summed E-state index contributed by atoms with van der Waals surface area (Å²) in [7, 11) is 0. The molecule has 1 saturated heterocycles. The van der Waals surface area contributed by atoms with Gasteiger partial charge >= 0.3 is 6.09 Å². The second-order valence-electron chi connectivity index (χ2n) is 10.2. The zero-order valence-electron chi connectivity index (χ0n) is 22.2. The number of ether oxygens (including phenoxy) is 1. The highest BCUT2D eigenvalue weighted by atomic mass is 32.2. The van der Waals surface area contributed by atoms with Crippen molar-refractivity contribution in [2.45, 2.75) is 70.3 Å². The van der Waals surface area contributed by atoms with Crippen molar-refractivity contribution in [2.24, 2.45) is 0 Å². The lowest BCUT2D eigenvalue weighted by molar-refractivity contribution is 0.0240. The third-order valence-electron chi connectivity index (χ3n) is 6.03. The molecule has 0 radical (unpaired) electrons. The number of hydrogen-bond donors (Lipinski definition) is 1. The second-order valence-corrected chi connectivity index (χ2v) is 11.4. The molecular formula is C29H41N3O3S. The van der Waals surface area contributed by atoms with Crippen molar-refractivity contribution in [1.29, 1.82) is 0 Å². The first-order valence-corrected chi connectivity index (χ1v) is 14.1. The van der Waals surface area contributed by atoms with Gasteiger partial charge in [-0.1, -0.05) is 38.7 Å². The predicted molar refractivity (Wildman–Crippen MR) is 150 cm³/mol. The summed E-state index contributed by atoms with van der Waals surface area (Å²) in [4.78, 5) is 30.4. The van der Waals surface area contributed by atoms with Crippen LogP contribution in [0.1, 0.15) is 70.2 Å². The van der Waals surface area contributed by atoms with E-state index in [2.05, 4.69) is 29.3 Å². The highest BCUT2D eigenvalue weighted by molar-refractivity contribution is 7.99. The monoisotopic (exact) mass is 511 g/mol. The van der Waals surface area contributed by atoms with Crippen LogP contribution in [0.2, 0.25) is 0 Å². The number of anilines is 2. The summed E-state index contributed by atoms with van der Waals surface area (Å²) in [6, 6.07) is 15.8. The first-order valence-electron chi connectivity index (χ1n) is 13.1. The number of rotatable bonds is 10. The summed E-state index contributed by atoms with van der Waals surface area (Å²) < 4.78 is 5.48. The Balaban J connectivity index is 1.48. The number of nitrogens with one attached hydrogen (secondary N) is 1. The van der Waals surface area contributed by atoms with Crippen molar-refractivity contribution < 1.29 is 14.3 Å². The van der Waals surface area contributed by atoms with Crippen LogP contribution in [-0.4, -0.2) is 54.4 Å². The van der Waals surface area contributed by atoms with Crippen LogP contribution in [0.15, 0.2) is 53.4 Å². The molecule has 36 heavy (non-hydrogen) atoms. The fraction of sp³-hybridized carbons (Fsp3) is 0.517. The van der Waals surface area contributed by atoms with Crippen molar-refractivity contribution in [3.63, 3.8) is 0 Å². The number of piperazine rings is 1. The lowest BCUT2D eigenvalue weighted by Gasteiger charge is -2.36.